The zero-order chi connectivity index (χ0) is 18.7. The second-order valence-electron chi connectivity index (χ2n) is 7.10. The molecule has 5 heteroatoms. The summed E-state index contributed by atoms with van der Waals surface area (Å²) in [5.74, 6) is -0.466. The van der Waals surface area contributed by atoms with E-state index in [9.17, 15) is 9.59 Å². The number of pyridine rings is 1. The summed E-state index contributed by atoms with van der Waals surface area (Å²) in [5.41, 5.74) is 9.11. The number of nitrogens with zero attached hydrogens (tertiary/aromatic N) is 2. The summed E-state index contributed by atoms with van der Waals surface area (Å²) in [7, 11) is 0. The van der Waals surface area contributed by atoms with Crippen LogP contribution in [0.5, 0.6) is 0 Å². The minimum absolute atomic E-state index is 0.0312. The highest BCUT2D eigenvalue weighted by Gasteiger charge is 2.33. The first-order chi connectivity index (χ1) is 12.5. The van der Waals surface area contributed by atoms with Gasteiger partial charge in [0, 0.05) is 19.3 Å². The summed E-state index contributed by atoms with van der Waals surface area (Å²) in [5, 5.41) is 0. The maximum Gasteiger partial charge on any atom is 0.272 e. The van der Waals surface area contributed by atoms with Gasteiger partial charge in [0.25, 0.3) is 5.91 Å². The topological polar surface area (TPSA) is 76.3 Å². The molecule has 2 amide bonds. The van der Waals surface area contributed by atoms with Crippen molar-refractivity contribution in [1.82, 2.24) is 9.88 Å². The summed E-state index contributed by atoms with van der Waals surface area (Å²) in [6.45, 7) is 5.12. The number of hydrogen-bond acceptors (Lipinski definition) is 3. The molecule has 0 spiro atoms. The third-order valence-electron chi connectivity index (χ3n) is 5.18. The van der Waals surface area contributed by atoms with Crippen molar-refractivity contribution in [2.24, 2.45) is 11.7 Å². The maximum absolute atomic E-state index is 12.8. The quantitative estimate of drug-likeness (QED) is 0.920. The number of aromatic nitrogens is 1. The third kappa shape index (κ3) is 3.77. The first-order valence-electron chi connectivity index (χ1n) is 9.04. The van der Waals surface area contributed by atoms with Gasteiger partial charge in [-0.05, 0) is 49.3 Å². The van der Waals surface area contributed by atoms with Gasteiger partial charge in [0.2, 0.25) is 5.91 Å². The molecule has 0 radical (unpaired) electrons. The number of carbonyl (C=O) groups is 2. The second-order valence-corrected chi connectivity index (χ2v) is 7.10. The van der Waals surface area contributed by atoms with Crippen molar-refractivity contribution in [3.05, 3.63) is 65.0 Å². The molecule has 5 nitrogen and oxygen atoms in total. The average Bonchev–Trinajstić information content (AvgIpc) is 2.62. The van der Waals surface area contributed by atoms with Gasteiger partial charge in [0.15, 0.2) is 0 Å². The molecular weight excluding hydrogens is 326 g/mol. The Labute approximate surface area is 154 Å². The zero-order valence-corrected chi connectivity index (χ0v) is 15.3. The Morgan fingerprint density at radius 3 is 2.38 bits per heavy atom. The largest absolute Gasteiger partial charge is 0.369 e. The van der Waals surface area contributed by atoms with E-state index >= 15 is 0 Å². The zero-order valence-electron chi connectivity index (χ0n) is 15.3. The van der Waals surface area contributed by atoms with E-state index in [2.05, 4.69) is 4.98 Å². The molecular formula is C21H25N3O2. The molecule has 1 aliphatic rings. The van der Waals surface area contributed by atoms with Crippen molar-refractivity contribution >= 4 is 11.8 Å². The molecule has 136 valence electrons. The van der Waals surface area contributed by atoms with E-state index in [4.69, 9.17) is 5.73 Å². The number of aryl methyl sites for hydroxylation is 2. The van der Waals surface area contributed by atoms with Gasteiger partial charge in [0.05, 0.1) is 5.92 Å². The van der Waals surface area contributed by atoms with Gasteiger partial charge in [0.1, 0.15) is 5.69 Å². The van der Waals surface area contributed by atoms with Crippen LogP contribution in [0.3, 0.4) is 0 Å². The van der Waals surface area contributed by atoms with Gasteiger partial charge < -0.3 is 10.6 Å². The number of benzene rings is 1. The van der Waals surface area contributed by atoms with Crippen LogP contribution in [0.25, 0.3) is 0 Å². The highest BCUT2D eigenvalue weighted by Crippen LogP contribution is 2.33. The highest BCUT2D eigenvalue weighted by atomic mass is 16.2. The Balaban J connectivity index is 1.70. The van der Waals surface area contributed by atoms with E-state index in [1.165, 1.54) is 0 Å². The Bertz CT molecular complexity index is 796. The molecule has 26 heavy (non-hydrogen) atoms. The summed E-state index contributed by atoms with van der Waals surface area (Å²) < 4.78 is 0. The maximum atomic E-state index is 12.8. The fourth-order valence-electron chi connectivity index (χ4n) is 3.85. The van der Waals surface area contributed by atoms with Gasteiger partial charge in [-0.15, -0.1) is 0 Å². The first-order valence-corrected chi connectivity index (χ1v) is 9.04. The molecule has 1 aromatic carbocycles. The average molecular weight is 351 g/mol. The van der Waals surface area contributed by atoms with Gasteiger partial charge >= 0.3 is 0 Å². The number of amides is 2. The Morgan fingerprint density at radius 1 is 1.15 bits per heavy atom. The van der Waals surface area contributed by atoms with Gasteiger partial charge in [-0.25, -0.2) is 0 Å². The lowest BCUT2D eigenvalue weighted by molar-refractivity contribution is -0.121. The highest BCUT2D eigenvalue weighted by molar-refractivity contribution is 5.93. The lowest BCUT2D eigenvalue weighted by atomic mass is 9.79. The van der Waals surface area contributed by atoms with Crippen molar-refractivity contribution in [2.75, 3.05) is 13.1 Å². The lowest BCUT2D eigenvalue weighted by Gasteiger charge is -2.35. The fourth-order valence-corrected chi connectivity index (χ4v) is 3.85. The summed E-state index contributed by atoms with van der Waals surface area (Å²) >= 11 is 0. The van der Waals surface area contributed by atoms with Gasteiger partial charge in [-0.3, -0.25) is 14.6 Å². The van der Waals surface area contributed by atoms with Crippen molar-refractivity contribution in [1.29, 1.82) is 0 Å². The van der Waals surface area contributed by atoms with Crippen molar-refractivity contribution < 1.29 is 9.59 Å². The van der Waals surface area contributed by atoms with E-state index in [1.54, 1.807) is 6.20 Å². The first kappa shape index (κ1) is 18.1. The summed E-state index contributed by atoms with van der Waals surface area (Å²) in [4.78, 5) is 31.0. The van der Waals surface area contributed by atoms with Crippen LogP contribution in [-0.2, 0) is 4.79 Å². The van der Waals surface area contributed by atoms with Gasteiger partial charge in [-0.2, -0.15) is 0 Å². The third-order valence-corrected chi connectivity index (χ3v) is 5.18. The van der Waals surface area contributed by atoms with E-state index in [1.807, 2.05) is 55.1 Å². The van der Waals surface area contributed by atoms with Crippen LogP contribution in [0.1, 0.15) is 45.9 Å². The lowest BCUT2D eigenvalue weighted by Crippen LogP contribution is -2.42. The molecule has 1 unspecified atom stereocenters. The number of piperidine rings is 1. The molecule has 0 saturated carbocycles. The number of hydrogen-bond donors (Lipinski definition) is 1. The molecule has 0 bridgehead atoms. The molecule has 2 N–H and O–H groups in total. The Morgan fingerprint density at radius 2 is 1.81 bits per heavy atom. The summed E-state index contributed by atoms with van der Waals surface area (Å²) in [6, 6.07) is 11.7. The Hall–Kier alpha value is -2.69. The van der Waals surface area contributed by atoms with Crippen LogP contribution < -0.4 is 5.73 Å². The number of rotatable bonds is 4. The predicted octanol–water partition coefficient (Wildman–Crippen LogP) is 2.82. The predicted molar refractivity (Wildman–Crippen MR) is 101 cm³/mol. The molecule has 0 aliphatic carbocycles. The molecule has 1 fully saturated rings. The molecule has 1 atom stereocenters. The molecule has 1 aliphatic heterocycles. The minimum Gasteiger partial charge on any atom is -0.369 e. The molecule has 2 heterocycles. The number of likely N-dealkylation sites (tertiary alicyclic amines) is 1. The van der Waals surface area contributed by atoms with Crippen molar-refractivity contribution in [3.63, 3.8) is 0 Å². The van der Waals surface area contributed by atoms with E-state index < -0.39 is 0 Å². The normalized spacial score (nSPS) is 16.3. The van der Waals surface area contributed by atoms with Crippen LogP contribution >= 0.6 is 0 Å². The standard InChI is InChI=1S/C21H25N3O2/c1-14-12-15(2)19(23-13-14)21(26)24-10-8-17(9-11-24)18(20(22)25)16-6-4-3-5-7-16/h3-7,12-13,17-18H,8-11H2,1-2H3,(H2,22,25). The minimum atomic E-state index is -0.298. The second kappa shape index (κ2) is 7.68. The van der Waals surface area contributed by atoms with Crippen LogP contribution in [0, 0.1) is 19.8 Å². The fraction of sp³-hybridized carbons (Fsp3) is 0.381. The smallest absolute Gasteiger partial charge is 0.272 e. The SMILES string of the molecule is Cc1cnc(C(=O)N2CCC(C(C(N)=O)c3ccccc3)CC2)c(C)c1. The van der Waals surface area contributed by atoms with E-state index in [-0.39, 0.29) is 23.7 Å². The van der Waals surface area contributed by atoms with Crippen LogP contribution in [0.15, 0.2) is 42.6 Å². The number of primary amides is 1. The summed E-state index contributed by atoms with van der Waals surface area (Å²) in [6.07, 6.45) is 3.25. The van der Waals surface area contributed by atoms with Gasteiger partial charge in [-0.1, -0.05) is 36.4 Å². The molecule has 2 aromatic rings. The van der Waals surface area contributed by atoms with E-state index in [0.29, 0.717) is 18.8 Å². The van der Waals surface area contributed by atoms with Crippen LogP contribution in [0.4, 0.5) is 0 Å². The molecule has 1 saturated heterocycles. The monoisotopic (exact) mass is 351 g/mol. The molecule has 3 rings (SSSR count). The van der Waals surface area contributed by atoms with Crippen molar-refractivity contribution in [2.45, 2.75) is 32.6 Å². The van der Waals surface area contributed by atoms with Crippen molar-refractivity contribution in [3.8, 4) is 0 Å². The van der Waals surface area contributed by atoms with Crippen LogP contribution in [-0.4, -0.2) is 34.8 Å². The van der Waals surface area contributed by atoms with Crippen LogP contribution in [0.2, 0.25) is 0 Å². The number of nitrogens with two attached hydrogens (primary N) is 1. The Kier molecular flexibility index (Phi) is 5.35. The molecule has 1 aromatic heterocycles. The number of carbonyl (C=O) groups excluding carboxylic acids is 2. The van der Waals surface area contributed by atoms with E-state index in [0.717, 1.165) is 29.5 Å².